The van der Waals surface area contributed by atoms with E-state index >= 15 is 0 Å². The molecule has 0 radical (unpaired) electrons. The van der Waals surface area contributed by atoms with E-state index in [4.69, 9.17) is 0 Å². The Morgan fingerprint density at radius 1 is 1.14 bits per heavy atom. The van der Waals surface area contributed by atoms with E-state index < -0.39 is 8.07 Å². The standard InChI is InChI=1S/C12H19BrSi/c1-12(2,3)14(4,5)11-8-6-7-10(13)9-11/h6-9H,1-5H3. The maximum atomic E-state index is 3.54. The van der Waals surface area contributed by atoms with E-state index in [1.807, 2.05) is 0 Å². The molecule has 0 atom stereocenters. The lowest BCUT2D eigenvalue weighted by Gasteiger charge is -2.37. The number of hydrogen-bond donors (Lipinski definition) is 0. The average molecular weight is 271 g/mol. The fourth-order valence-electron chi connectivity index (χ4n) is 1.31. The molecule has 1 aromatic carbocycles. The molecule has 0 spiro atoms. The second-order valence-corrected chi connectivity index (χ2v) is 11.6. The molecule has 0 heterocycles. The monoisotopic (exact) mass is 270 g/mol. The van der Waals surface area contributed by atoms with Crippen molar-refractivity contribution in [3.8, 4) is 0 Å². The van der Waals surface area contributed by atoms with Crippen LogP contribution < -0.4 is 5.19 Å². The summed E-state index contributed by atoms with van der Waals surface area (Å²) in [6, 6.07) is 8.77. The van der Waals surface area contributed by atoms with Crippen LogP contribution in [0.15, 0.2) is 28.7 Å². The second-order valence-electron chi connectivity index (χ2n) is 5.39. The van der Waals surface area contributed by atoms with Crippen LogP contribution in [0.4, 0.5) is 0 Å². The van der Waals surface area contributed by atoms with Gasteiger partial charge in [0, 0.05) is 4.47 Å². The maximum Gasteiger partial charge on any atom is 0.0859 e. The Kier molecular flexibility index (Phi) is 3.27. The van der Waals surface area contributed by atoms with Crippen molar-refractivity contribution in [1.29, 1.82) is 0 Å². The van der Waals surface area contributed by atoms with Gasteiger partial charge >= 0.3 is 0 Å². The average Bonchev–Trinajstić information content (AvgIpc) is 2.02. The fourth-order valence-corrected chi connectivity index (χ4v) is 3.82. The topological polar surface area (TPSA) is 0 Å². The molecule has 2 heteroatoms. The molecule has 0 aliphatic heterocycles. The van der Waals surface area contributed by atoms with Gasteiger partial charge in [0.2, 0.25) is 0 Å². The summed E-state index contributed by atoms with van der Waals surface area (Å²) in [7, 11) is -1.34. The van der Waals surface area contributed by atoms with E-state index in [9.17, 15) is 0 Å². The summed E-state index contributed by atoms with van der Waals surface area (Å²) in [5, 5.41) is 1.94. The minimum Gasteiger partial charge on any atom is -0.0650 e. The maximum absolute atomic E-state index is 3.54. The molecular weight excluding hydrogens is 252 g/mol. The zero-order chi connectivity index (χ0) is 11.0. The van der Waals surface area contributed by atoms with Crippen molar-refractivity contribution in [2.24, 2.45) is 0 Å². The summed E-state index contributed by atoms with van der Waals surface area (Å²) < 4.78 is 1.19. The molecule has 78 valence electrons. The highest BCUT2D eigenvalue weighted by molar-refractivity contribution is 9.10. The van der Waals surface area contributed by atoms with Gasteiger partial charge in [-0.15, -0.1) is 0 Å². The van der Waals surface area contributed by atoms with E-state index in [1.54, 1.807) is 0 Å². The van der Waals surface area contributed by atoms with Gasteiger partial charge in [-0.25, -0.2) is 0 Å². The lowest BCUT2D eigenvalue weighted by atomic mass is 10.2. The van der Waals surface area contributed by atoms with Crippen molar-refractivity contribution in [3.63, 3.8) is 0 Å². The molecule has 0 fully saturated rings. The Bertz CT molecular complexity index is 323. The molecular formula is C12H19BrSi. The van der Waals surface area contributed by atoms with Gasteiger partial charge in [-0.2, -0.15) is 0 Å². The van der Waals surface area contributed by atoms with E-state index in [0.29, 0.717) is 5.04 Å². The first-order chi connectivity index (χ1) is 6.25. The highest BCUT2D eigenvalue weighted by Gasteiger charge is 2.36. The summed E-state index contributed by atoms with van der Waals surface area (Å²) in [5.41, 5.74) is 0. The Hall–Kier alpha value is -0.0831. The molecule has 0 saturated heterocycles. The lowest BCUT2D eigenvalue weighted by Crippen LogP contribution is -2.49. The van der Waals surface area contributed by atoms with Gasteiger partial charge < -0.3 is 0 Å². The van der Waals surface area contributed by atoms with Crippen molar-refractivity contribution in [2.45, 2.75) is 38.9 Å². The van der Waals surface area contributed by atoms with E-state index in [1.165, 1.54) is 9.66 Å². The van der Waals surface area contributed by atoms with E-state index in [0.717, 1.165) is 0 Å². The largest absolute Gasteiger partial charge is 0.0859 e. The smallest absolute Gasteiger partial charge is 0.0650 e. The number of hydrogen-bond acceptors (Lipinski definition) is 0. The van der Waals surface area contributed by atoms with Gasteiger partial charge in [-0.3, -0.25) is 0 Å². The molecule has 0 unspecified atom stereocenters. The van der Waals surface area contributed by atoms with Gasteiger partial charge in [0.05, 0.1) is 8.07 Å². The van der Waals surface area contributed by atoms with Crippen LogP contribution in [0.1, 0.15) is 20.8 Å². The second kappa shape index (κ2) is 3.82. The van der Waals surface area contributed by atoms with Gasteiger partial charge in [-0.1, -0.05) is 67.1 Å². The molecule has 14 heavy (non-hydrogen) atoms. The quantitative estimate of drug-likeness (QED) is 0.673. The zero-order valence-electron chi connectivity index (χ0n) is 9.69. The van der Waals surface area contributed by atoms with Crippen LogP contribution in [0.25, 0.3) is 0 Å². The summed E-state index contributed by atoms with van der Waals surface area (Å²) in [6.07, 6.45) is 0. The van der Waals surface area contributed by atoms with Gasteiger partial charge in [0.25, 0.3) is 0 Å². The molecule has 0 aromatic heterocycles. The van der Waals surface area contributed by atoms with Crippen molar-refractivity contribution in [2.75, 3.05) is 0 Å². The van der Waals surface area contributed by atoms with Crippen LogP contribution in [0.2, 0.25) is 18.1 Å². The SMILES string of the molecule is CC(C)(C)[Si](C)(C)c1cccc(Br)c1. The van der Waals surface area contributed by atoms with Crippen LogP contribution in [0.5, 0.6) is 0 Å². The minimum atomic E-state index is -1.34. The predicted octanol–water partition coefficient (Wildman–Crippen LogP) is 4.16. The molecule has 0 bridgehead atoms. The first-order valence-corrected chi connectivity index (χ1v) is 8.80. The molecule has 0 saturated carbocycles. The fraction of sp³-hybridized carbons (Fsp3) is 0.500. The number of rotatable bonds is 1. The third-order valence-electron chi connectivity index (χ3n) is 3.42. The lowest BCUT2D eigenvalue weighted by molar-refractivity contribution is 0.729. The normalized spacial score (nSPS) is 13.0. The molecule has 1 aromatic rings. The molecule has 0 nitrogen and oxygen atoms in total. The van der Waals surface area contributed by atoms with Crippen molar-refractivity contribution >= 4 is 29.2 Å². The molecule has 0 aliphatic rings. The minimum absolute atomic E-state index is 0.411. The Labute approximate surface area is 96.9 Å². The molecule has 0 aliphatic carbocycles. The van der Waals surface area contributed by atoms with Crippen LogP contribution in [0, 0.1) is 0 Å². The Balaban J connectivity index is 3.16. The van der Waals surface area contributed by atoms with E-state index in [2.05, 4.69) is 74.1 Å². The molecule has 1 rings (SSSR count). The van der Waals surface area contributed by atoms with Crippen LogP contribution >= 0.6 is 15.9 Å². The van der Waals surface area contributed by atoms with Crippen LogP contribution in [-0.4, -0.2) is 8.07 Å². The van der Waals surface area contributed by atoms with Gasteiger partial charge in [-0.05, 0) is 17.2 Å². The highest BCUT2D eigenvalue weighted by atomic mass is 79.9. The van der Waals surface area contributed by atoms with Crippen molar-refractivity contribution in [3.05, 3.63) is 28.7 Å². The summed E-state index contributed by atoms with van der Waals surface area (Å²) in [5.74, 6) is 0. The summed E-state index contributed by atoms with van der Waals surface area (Å²) in [4.78, 5) is 0. The van der Waals surface area contributed by atoms with Crippen molar-refractivity contribution in [1.82, 2.24) is 0 Å². The predicted molar refractivity (Wildman–Crippen MR) is 71.0 cm³/mol. The zero-order valence-corrected chi connectivity index (χ0v) is 12.3. The first kappa shape index (κ1) is 12.0. The molecule has 0 amide bonds. The Morgan fingerprint density at radius 2 is 1.71 bits per heavy atom. The third kappa shape index (κ3) is 2.29. The van der Waals surface area contributed by atoms with Gasteiger partial charge in [0.1, 0.15) is 0 Å². The van der Waals surface area contributed by atoms with Crippen LogP contribution in [0.3, 0.4) is 0 Å². The van der Waals surface area contributed by atoms with Crippen LogP contribution in [-0.2, 0) is 0 Å². The summed E-state index contributed by atoms with van der Waals surface area (Å²) >= 11 is 3.54. The summed E-state index contributed by atoms with van der Waals surface area (Å²) in [6.45, 7) is 11.9. The highest BCUT2D eigenvalue weighted by Crippen LogP contribution is 2.35. The van der Waals surface area contributed by atoms with Crippen molar-refractivity contribution < 1.29 is 0 Å². The van der Waals surface area contributed by atoms with E-state index in [-0.39, 0.29) is 0 Å². The molecule has 0 N–H and O–H groups in total. The third-order valence-corrected chi connectivity index (χ3v) is 9.42. The first-order valence-electron chi connectivity index (χ1n) is 5.01. The Morgan fingerprint density at radius 3 is 2.14 bits per heavy atom. The number of benzene rings is 1. The van der Waals surface area contributed by atoms with Gasteiger partial charge in [0.15, 0.2) is 0 Å². The number of halogens is 1.